The van der Waals surface area contributed by atoms with E-state index in [9.17, 15) is 9.18 Å². The Kier molecular flexibility index (Phi) is 3.71. The van der Waals surface area contributed by atoms with E-state index in [2.05, 4.69) is 26.1 Å². The van der Waals surface area contributed by atoms with Crippen LogP contribution in [0.5, 0.6) is 0 Å². The molecule has 1 aromatic heterocycles. The van der Waals surface area contributed by atoms with E-state index in [0.29, 0.717) is 5.56 Å². The summed E-state index contributed by atoms with van der Waals surface area (Å²) in [6.07, 6.45) is 0. The second-order valence-electron chi connectivity index (χ2n) is 3.27. The smallest absolute Gasteiger partial charge is 0.379 e. The Labute approximate surface area is 110 Å². The molecule has 0 aliphatic carbocycles. The van der Waals surface area contributed by atoms with E-state index < -0.39 is 11.8 Å². The quantitative estimate of drug-likeness (QED) is 0.815. The number of hydrogen-bond acceptors (Lipinski definition) is 5. The molecule has 1 heterocycles. The zero-order valence-corrected chi connectivity index (χ0v) is 10.9. The molecule has 2 aromatic rings. The molecule has 0 unspecified atom stereocenters. The summed E-state index contributed by atoms with van der Waals surface area (Å²) in [5, 5.41) is 3.49. The summed E-state index contributed by atoms with van der Waals surface area (Å²) in [4.78, 5) is 15.2. The van der Waals surface area contributed by atoms with E-state index in [4.69, 9.17) is 9.26 Å². The molecule has 18 heavy (non-hydrogen) atoms. The number of carbonyl (C=O) groups excluding carboxylic acids is 1. The summed E-state index contributed by atoms with van der Waals surface area (Å²) in [7, 11) is 0. The molecule has 0 fully saturated rings. The van der Waals surface area contributed by atoms with Crippen molar-refractivity contribution in [3.63, 3.8) is 0 Å². The number of aromatic nitrogens is 2. The number of ether oxygens (including phenoxy) is 1. The van der Waals surface area contributed by atoms with Crippen LogP contribution in [0.1, 0.15) is 17.5 Å². The minimum atomic E-state index is -0.659. The third kappa shape index (κ3) is 2.56. The van der Waals surface area contributed by atoms with Crippen molar-refractivity contribution < 1.29 is 18.4 Å². The van der Waals surface area contributed by atoms with Crippen LogP contribution < -0.4 is 0 Å². The van der Waals surface area contributed by atoms with Crippen molar-refractivity contribution in [1.82, 2.24) is 10.1 Å². The summed E-state index contributed by atoms with van der Waals surface area (Å²) >= 11 is 3.05. The fourth-order valence-electron chi connectivity index (χ4n) is 1.25. The van der Waals surface area contributed by atoms with Crippen LogP contribution in [0, 0.1) is 5.82 Å². The molecule has 0 aliphatic rings. The standard InChI is InChI=1S/C11H8BrFN2O3/c1-2-17-11(16)9-14-10(18-15-9)6-3-4-8(13)7(12)5-6/h3-5H,2H2,1H3. The first kappa shape index (κ1) is 12.7. The number of esters is 1. The first-order valence-electron chi connectivity index (χ1n) is 5.08. The van der Waals surface area contributed by atoms with Crippen molar-refractivity contribution in [2.75, 3.05) is 6.61 Å². The number of nitrogens with zero attached hydrogens (tertiary/aromatic N) is 2. The highest BCUT2D eigenvalue weighted by molar-refractivity contribution is 9.10. The van der Waals surface area contributed by atoms with Crippen LogP contribution in [0.2, 0.25) is 0 Å². The molecule has 0 saturated heterocycles. The molecule has 0 bridgehead atoms. The van der Waals surface area contributed by atoms with Gasteiger partial charge in [0.1, 0.15) is 5.82 Å². The van der Waals surface area contributed by atoms with Gasteiger partial charge in [0.05, 0.1) is 11.1 Å². The van der Waals surface area contributed by atoms with Crippen molar-refractivity contribution in [3.8, 4) is 11.5 Å². The fraction of sp³-hybridized carbons (Fsp3) is 0.182. The highest BCUT2D eigenvalue weighted by Gasteiger charge is 2.17. The normalized spacial score (nSPS) is 10.4. The van der Waals surface area contributed by atoms with E-state index >= 15 is 0 Å². The molecule has 0 aliphatic heterocycles. The van der Waals surface area contributed by atoms with E-state index in [1.807, 2.05) is 0 Å². The number of rotatable bonds is 3. The lowest BCUT2D eigenvalue weighted by molar-refractivity contribution is 0.0508. The second-order valence-corrected chi connectivity index (χ2v) is 4.13. The molecule has 0 atom stereocenters. The van der Waals surface area contributed by atoms with Gasteiger partial charge in [-0.05, 0) is 46.2 Å². The Morgan fingerprint density at radius 1 is 1.56 bits per heavy atom. The Bertz CT molecular complexity index is 585. The minimum Gasteiger partial charge on any atom is -0.460 e. The van der Waals surface area contributed by atoms with E-state index in [1.165, 1.54) is 18.2 Å². The van der Waals surface area contributed by atoms with Gasteiger partial charge in [-0.3, -0.25) is 0 Å². The van der Waals surface area contributed by atoms with Crippen molar-refractivity contribution >= 4 is 21.9 Å². The molecular formula is C11H8BrFN2O3. The Balaban J connectivity index is 2.29. The Morgan fingerprint density at radius 3 is 3.00 bits per heavy atom. The lowest BCUT2D eigenvalue weighted by Crippen LogP contribution is -2.06. The summed E-state index contributed by atoms with van der Waals surface area (Å²) in [5.74, 6) is -1.09. The first-order chi connectivity index (χ1) is 8.61. The predicted molar refractivity (Wildman–Crippen MR) is 63.3 cm³/mol. The van der Waals surface area contributed by atoms with E-state index in [1.54, 1.807) is 6.92 Å². The largest absolute Gasteiger partial charge is 0.460 e. The Morgan fingerprint density at radius 2 is 2.33 bits per heavy atom. The summed E-state index contributed by atoms with van der Waals surface area (Å²) < 4.78 is 23.0. The molecule has 0 amide bonds. The van der Waals surface area contributed by atoms with Gasteiger partial charge in [-0.1, -0.05) is 0 Å². The van der Waals surface area contributed by atoms with Gasteiger partial charge in [-0.15, -0.1) is 0 Å². The second kappa shape index (κ2) is 5.26. The topological polar surface area (TPSA) is 65.2 Å². The van der Waals surface area contributed by atoms with Crippen LogP contribution in [0.4, 0.5) is 4.39 Å². The maximum absolute atomic E-state index is 13.1. The van der Waals surface area contributed by atoms with Gasteiger partial charge in [-0.2, -0.15) is 4.98 Å². The third-order valence-electron chi connectivity index (χ3n) is 2.05. The summed E-state index contributed by atoms with van der Waals surface area (Å²) in [6, 6.07) is 4.22. The molecule has 0 N–H and O–H groups in total. The average Bonchev–Trinajstić information content (AvgIpc) is 2.82. The van der Waals surface area contributed by atoms with Crippen LogP contribution in [0.15, 0.2) is 27.2 Å². The average molecular weight is 315 g/mol. The maximum atomic E-state index is 13.1. The van der Waals surface area contributed by atoms with Gasteiger partial charge in [0.15, 0.2) is 0 Å². The molecular weight excluding hydrogens is 307 g/mol. The summed E-state index contributed by atoms with van der Waals surface area (Å²) in [5.41, 5.74) is 0.506. The SMILES string of the molecule is CCOC(=O)c1noc(-c2ccc(F)c(Br)c2)n1. The minimum absolute atomic E-state index is 0.124. The molecule has 7 heteroatoms. The number of halogens is 2. The molecule has 2 rings (SSSR count). The van der Waals surface area contributed by atoms with Gasteiger partial charge in [-0.25, -0.2) is 9.18 Å². The lowest BCUT2D eigenvalue weighted by Gasteiger charge is -1.96. The first-order valence-corrected chi connectivity index (χ1v) is 5.87. The zero-order chi connectivity index (χ0) is 13.1. The Hall–Kier alpha value is -1.76. The predicted octanol–water partition coefficient (Wildman–Crippen LogP) is 2.81. The zero-order valence-electron chi connectivity index (χ0n) is 9.31. The highest BCUT2D eigenvalue weighted by Crippen LogP contribution is 2.23. The third-order valence-corrected chi connectivity index (χ3v) is 2.66. The molecule has 0 saturated carbocycles. The molecule has 94 valence electrons. The summed E-state index contributed by atoms with van der Waals surface area (Å²) in [6.45, 7) is 1.90. The molecule has 1 aromatic carbocycles. The van der Waals surface area contributed by atoms with Crippen LogP contribution in [-0.4, -0.2) is 22.7 Å². The fourth-order valence-corrected chi connectivity index (χ4v) is 1.63. The van der Waals surface area contributed by atoms with Gasteiger partial charge >= 0.3 is 5.97 Å². The van der Waals surface area contributed by atoms with Crippen LogP contribution in [0.3, 0.4) is 0 Å². The molecule has 0 spiro atoms. The van der Waals surface area contributed by atoms with Crippen LogP contribution in [0.25, 0.3) is 11.5 Å². The van der Waals surface area contributed by atoms with E-state index in [0.717, 1.165) is 0 Å². The maximum Gasteiger partial charge on any atom is 0.379 e. The van der Waals surface area contributed by atoms with Gasteiger partial charge in [0.2, 0.25) is 0 Å². The number of hydrogen-bond donors (Lipinski definition) is 0. The monoisotopic (exact) mass is 314 g/mol. The van der Waals surface area contributed by atoms with Crippen LogP contribution in [-0.2, 0) is 4.74 Å². The van der Waals surface area contributed by atoms with Gasteiger partial charge in [0.25, 0.3) is 11.7 Å². The number of benzene rings is 1. The van der Waals surface area contributed by atoms with E-state index in [-0.39, 0.29) is 22.8 Å². The molecule has 0 radical (unpaired) electrons. The molecule has 5 nitrogen and oxygen atoms in total. The highest BCUT2D eigenvalue weighted by atomic mass is 79.9. The number of carbonyl (C=O) groups is 1. The van der Waals surface area contributed by atoms with Gasteiger partial charge in [0, 0.05) is 5.56 Å². The van der Waals surface area contributed by atoms with Crippen molar-refractivity contribution in [2.24, 2.45) is 0 Å². The lowest BCUT2D eigenvalue weighted by atomic mass is 10.2. The van der Waals surface area contributed by atoms with Gasteiger partial charge < -0.3 is 9.26 Å². The van der Waals surface area contributed by atoms with Crippen molar-refractivity contribution in [1.29, 1.82) is 0 Å². The van der Waals surface area contributed by atoms with Crippen molar-refractivity contribution in [3.05, 3.63) is 34.3 Å². The van der Waals surface area contributed by atoms with Crippen LogP contribution >= 0.6 is 15.9 Å². The van der Waals surface area contributed by atoms with Crippen molar-refractivity contribution in [2.45, 2.75) is 6.92 Å².